The van der Waals surface area contributed by atoms with E-state index >= 15 is 0 Å². The first kappa shape index (κ1) is 22.1. The van der Waals surface area contributed by atoms with E-state index in [0.717, 1.165) is 22.3 Å². The standard InChI is InChI=1S/C20H26NO6P/c1-13-7-18(27-12-28(24,25)26)8-14(2)19(13)10-16-5-4-6-17(9-16)21-20(23)15(3)11-22/h4-9,15,22H,10-12H2,1-3H3,(H,21,23)(H2,24,25,26). The van der Waals surface area contributed by atoms with Crippen LogP contribution in [0.1, 0.15) is 29.2 Å². The number of carbonyl (C=O) groups excluding carboxylic acids is 1. The largest absolute Gasteiger partial charge is 0.481 e. The SMILES string of the molecule is Cc1cc(OCP(=O)(O)O)cc(C)c1Cc1cccc(NC(=O)C(C)CO)c1. The van der Waals surface area contributed by atoms with E-state index in [1.54, 1.807) is 25.1 Å². The van der Waals surface area contributed by atoms with E-state index < -0.39 is 19.9 Å². The van der Waals surface area contributed by atoms with Gasteiger partial charge in [0.15, 0.2) is 6.35 Å². The van der Waals surface area contributed by atoms with Crippen LogP contribution in [0.15, 0.2) is 36.4 Å². The summed E-state index contributed by atoms with van der Waals surface area (Å²) >= 11 is 0. The third kappa shape index (κ3) is 6.46. The van der Waals surface area contributed by atoms with E-state index in [-0.39, 0.29) is 12.5 Å². The minimum atomic E-state index is -4.23. The molecule has 1 amide bonds. The van der Waals surface area contributed by atoms with Crippen LogP contribution in [-0.2, 0) is 15.8 Å². The third-order valence-corrected chi connectivity index (χ3v) is 4.83. The zero-order chi connectivity index (χ0) is 20.9. The van der Waals surface area contributed by atoms with Gasteiger partial charge in [0, 0.05) is 5.69 Å². The average molecular weight is 407 g/mol. The lowest BCUT2D eigenvalue weighted by Gasteiger charge is -2.15. The number of hydrogen-bond acceptors (Lipinski definition) is 4. The molecule has 0 saturated carbocycles. The van der Waals surface area contributed by atoms with Crippen molar-refractivity contribution in [3.8, 4) is 5.75 Å². The smallest absolute Gasteiger partial charge is 0.362 e. The molecule has 0 aromatic heterocycles. The summed E-state index contributed by atoms with van der Waals surface area (Å²) in [5.41, 5.74) is 4.65. The fourth-order valence-electron chi connectivity index (χ4n) is 2.79. The van der Waals surface area contributed by atoms with Crippen molar-refractivity contribution in [2.75, 3.05) is 18.3 Å². The van der Waals surface area contributed by atoms with Crippen LogP contribution in [0.2, 0.25) is 0 Å². The summed E-state index contributed by atoms with van der Waals surface area (Å²) < 4.78 is 16.2. The topological polar surface area (TPSA) is 116 Å². The first-order valence-corrected chi connectivity index (χ1v) is 10.7. The minimum absolute atomic E-state index is 0.208. The Morgan fingerprint density at radius 3 is 2.39 bits per heavy atom. The highest BCUT2D eigenvalue weighted by molar-refractivity contribution is 7.51. The van der Waals surface area contributed by atoms with Crippen molar-refractivity contribution in [1.29, 1.82) is 0 Å². The molecule has 28 heavy (non-hydrogen) atoms. The number of rotatable bonds is 8. The van der Waals surface area contributed by atoms with Gasteiger partial charge in [-0.15, -0.1) is 0 Å². The minimum Gasteiger partial charge on any atom is -0.481 e. The third-order valence-electron chi connectivity index (χ3n) is 4.37. The molecule has 0 radical (unpaired) electrons. The Kier molecular flexibility index (Phi) is 7.38. The number of benzene rings is 2. The molecule has 7 nitrogen and oxygen atoms in total. The second-order valence-electron chi connectivity index (χ2n) is 6.92. The van der Waals surface area contributed by atoms with E-state index in [1.165, 1.54) is 0 Å². The van der Waals surface area contributed by atoms with Crippen LogP contribution in [0, 0.1) is 19.8 Å². The summed E-state index contributed by atoms with van der Waals surface area (Å²) in [6, 6.07) is 11.0. The molecule has 0 saturated heterocycles. The van der Waals surface area contributed by atoms with E-state index in [9.17, 15) is 9.36 Å². The van der Waals surface area contributed by atoms with E-state index in [2.05, 4.69) is 5.32 Å². The lowest BCUT2D eigenvalue weighted by molar-refractivity contribution is -0.120. The van der Waals surface area contributed by atoms with Gasteiger partial charge in [-0.2, -0.15) is 0 Å². The lowest BCUT2D eigenvalue weighted by Crippen LogP contribution is -2.23. The molecule has 0 spiro atoms. The number of nitrogens with one attached hydrogen (secondary N) is 1. The van der Waals surface area contributed by atoms with Crippen LogP contribution in [0.4, 0.5) is 5.69 Å². The van der Waals surface area contributed by atoms with E-state index in [1.807, 2.05) is 32.0 Å². The lowest BCUT2D eigenvalue weighted by atomic mass is 9.95. The van der Waals surface area contributed by atoms with Crippen molar-refractivity contribution in [3.63, 3.8) is 0 Å². The van der Waals surface area contributed by atoms with Gasteiger partial charge in [-0.05, 0) is 66.8 Å². The quantitative estimate of drug-likeness (QED) is 0.500. The van der Waals surface area contributed by atoms with Crippen molar-refractivity contribution in [1.82, 2.24) is 0 Å². The van der Waals surface area contributed by atoms with Gasteiger partial charge >= 0.3 is 7.60 Å². The Morgan fingerprint density at radius 2 is 1.82 bits per heavy atom. The van der Waals surface area contributed by atoms with Crippen molar-refractivity contribution in [3.05, 3.63) is 58.7 Å². The number of anilines is 1. The second kappa shape index (κ2) is 9.34. The Morgan fingerprint density at radius 1 is 1.18 bits per heavy atom. The Labute approximate surface area is 164 Å². The second-order valence-corrected chi connectivity index (χ2v) is 8.51. The highest BCUT2D eigenvalue weighted by Crippen LogP contribution is 2.35. The summed E-state index contributed by atoms with van der Waals surface area (Å²) in [6.07, 6.45) is -0.0189. The maximum atomic E-state index is 12.0. The molecule has 0 heterocycles. The number of aliphatic hydroxyl groups is 1. The Bertz CT molecular complexity index is 869. The van der Waals surface area contributed by atoms with Crippen LogP contribution >= 0.6 is 7.60 Å². The zero-order valence-corrected chi connectivity index (χ0v) is 17.1. The van der Waals surface area contributed by atoms with Crippen LogP contribution in [0.5, 0.6) is 5.75 Å². The highest BCUT2D eigenvalue weighted by Gasteiger charge is 2.15. The van der Waals surface area contributed by atoms with Gasteiger partial charge in [0.2, 0.25) is 5.91 Å². The number of aliphatic hydroxyl groups excluding tert-OH is 1. The number of amides is 1. The van der Waals surface area contributed by atoms with Gasteiger partial charge in [0.25, 0.3) is 0 Å². The molecule has 0 aliphatic carbocycles. The fraction of sp³-hybridized carbons (Fsp3) is 0.350. The molecule has 1 atom stereocenters. The maximum absolute atomic E-state index is 12.0. The summed E-state index contributed by atoms with van der Waals surface area (Å²) in [5, 5.41) is 11.9. The first-order chi connectivity index (χ1) is 13.1. The molecule has 1 unspecified atom stereocenters. The Hall–Kier alpha value is -2.18. The monoisotopic (exact) mass is 407 g/mol. The van der Waals surface area contributed by atoms with Crippen molar-refractivity contribution >= 4 is 19.2 Å². The molecule has 152 valence electrons. The molecule has 0 fully saturated rings. The number of hydrogen-bond donors (Lipinski definition) is 4. The molecule has 0 bridgehead atoms. The van der Waals surface area contributed by atoms with Crippen molar-refractivity contribution in [2.24, 2.45) is 5.92 Å². The van der Waals surface area contributed by atoms with Crippen molar-refractivity contribution < 1.29 is 29.0 Å². The zero-order valence-electron chi connectivity index (χ0n) is 16.2. The maximum Gasteiger partial charge on any atom is 0.362 e. The average Bonchev–Trinajstić information content (AvgIpc) is 2.62. The molecular formula is C20H26NO6P. The van der Waals surface area contributed by atoms with Gasteiger partial charge in [-0.1, -0.05) is 19.1 Å². The summed E-state index contributed by atoms with van der Waals surface area (Å²) in [4.78, 5) is 29.8. The highest BCUT2D eigenvalue weighted by atomic mass is 31.2. The van der Waals surface area contributed by atoms with Gasteiger partial charge < -0.3 is 24.9 Å². The summed E-state index contributed by atoms with van der Waals surface area (Å²) in [7, 11) is -4.23. The predicted molar refractivity (Wildman–Crippen MR) is 108 cm³/mol. The molecule has 2 aromatic rings. The molecule has 2 rings (SSSR count). The molecule has 2 aromatic carbocycles. The van der Waals surface area contributed by atoms with Gasteiger partial charge in [-0.25, -0.2) is 0 Å². The van der Waals surface area contributed by atoms with E-state index in [0.29, 0.717) is 17.9 Å². The number of carbonyl (C=O) groups is 1. The predicted octanol–water partition coefficient (Wildman–Crippen LogP) is 2.98. The molecule has 0 aliphatic heterocycles. The van der Waals surface area contributed by atoms with Crippen molar-refractivity contribution in [2.45, 2.75) is 27.2 Å². The molecule has 8 heteroatoms. The number of aryl methyl sites for hydroxylation is 2. The summed E-state index contributed by atoms with van der Waals surface area (Å²) in [6.45, 7) is 5.28. The normalized spacial score (nSPS) is 12.5. The van der Waals surface area contributed by atoms with Crippen LogP contribution in [0.25, 0.3) is 0 Å². The van der Waals surface area contributed by atoms with E-state index in [4.69, 9.17) is 19.6 Å². The molecule has 0 aliphatic rings. The fourth-order valence-corrected chi connectivity index (χ4v) is 3.10. The number of ether oxygens (including phenoxy) is 1. The van der Waals surface area contributed by atoms with Crippen LogP contribution in [-0.4, -0.2) is 33.8 Å². The first-order valence-electron chi connectivity index (χ1n) is 8.87. The van der Waals surface area contributed by atoms with Gasteiger partial charge in [-0.3, -0.25) is 9.36 Å². The van der Waals surface area contributed by atoms with Crippen LogP contribution < -0.4 is 10.1 Å². The molecular weight excluding hydrogens is 381 g/mol. The van der Waals surface area contributed by atoms with Gasteiger partial charge in [0.1, 0.15) is 5.75 Å². The Balaban J connectivity index is 2.16. The summed E-state index contributed by atoms with van der Waals surface area (Å²) in [5.74, 6) is -0.298. The van der Waals surface area contributed by atoms with Crippen LogP contribution in [0.3, 0.4) is 0 Å². The van der Waals surface area contributed by atoms with Gasteiger partial charge in [0.05, 0.1) is 12.5 Å². The molecule has 4 N–H and O–H groups in total.